The third-order valence-electron chi connectivity index (χ3n) is 6.54. The second kappa shape index (κ2) is 11.7. The number of ether oxygens (including phenoxy) is 1. The molecule has 4 rings (SSSR count). The molecule has 3 atom stereocenters. The topological polar surface area (TPSA) is 109 Å². The number of likely N-dealkylation sites (N-methyl/N-ethyl adjacent to an activating group) is 1. The standard InChI is InChI=1S/C26H34ClFN6O3/c1-14-24(23-15(2)33-37-16(23)3)31-26(32-25(14)30-22-8-9-34(5)12-21(22)28)19-10-18(6-7-20(19)27)36-13-17(35)11-29-4/h6-7,10,17,21-22,29,35H,8-9,11-13H2,1-5H3,(H,30,31,32)/t17-,21+,22-/m1/s1. The zero-order valence-corrected chi connectivity index (χ0v) is 22.6. The smallest absolute Gasteiger partial charge is 0.163 e. The Morgan fingerprint density at radius 1 is 1.30 bits per heavy atom. The van der Waals surface area contributed by atoms with Gasteiger partial charge in [-0.1, -0.05) is 16.8 Å². The average Bonchev–Trinajstić information content (AvgIpc) is 3.19. The van der Waals surface area contributed by atoms with Crippen LogP contribution >= 0.6 is 11.6 Å². The Kier molecular flexibility index (Phi) is 8.63. The second-order valence-electron chi connectivity index (χ2n) is 9.55. The van der Waals surface area contributed by atoms with Gasteiger partial charge in [-0.05, 0) is 59.5 Å². The number of aryl methyl sites for hydroxylation is 2. The molecule has 1 aliphatic heterocycles. The van der Waals surface area contributed by atoms with E-state index in [1.54, 1.807) is 25.2 Å². The number of rotatable bonds is 9. The van der Waals surface area contributed by atoms with Gasteiger partial charge in [-0.25, -0.2) is 14.4 Å². The van der Waals surface area contributed by atoms with Gasteiger partial charge in [-0.3, -0.25) is 0 Å². The SMILES string of the molecule is CNC[C@@H](O)COc1ccc(Cl)c(-c2nc(N[C@@H]3CCN(C)C[C@@H]3F)c(C)c(-c3c(C)noc3C)n2)c1. The van der Waals surface area contributed by atoms with E-state index in [0.717, 1.165) is 17.7 Å². The second-order valence-corrected chi connectivity index (χ2v) is 9.96. The van der Waals surface area contributed by atoms with Crippen molar-refractivity contribution in [2.75, 3.05) is 45.7 Å². The van der Waals surface area contributed by atoms with Crippen molar-refractivity contribution in [3.8, 4) is 28.4 Å². The highest BCUT2D eigenvalue weighted by atomic mass is 35.5. The van der Waals surface area contributed by atoms with Crippen LogP contribution in [0, 0.1) is 20.8 Å². The van der Waals surface area contributed by atoms with Crippen LogP contribution in [0.1, 0.15) is 23.4 Å². The average molecular weight is 533 g/mol. The number of aliphatic hydroxyl groups excluding tert-OH is 1. The van der Waals surface area contributed by atoms with E-state index < -0.39 is 12.3 Å². The van der Waals surface area contributed by atoms with Crippen LogP contribution in [0.2, 0.25) is 5.02 Å². The fourth-order valence-electron chi connectivity index (χ4n) is 4.49. The van der Waals surface area contributed by atoms with Crippen molar-refractivity contribution in [3.63, 3.8) is 0 Å². The molecule has 3 aromatic rings. The van der Waals surface area contributed by atoms with E-state index in [0.29, 0.717) is 64.6 Å². The van der Waals surface area contributed by atoms with Crippen LogP contribution in [0.15, 0.2) is 22.7 Å². The highest BCUT2D eigenvalue weighted by molar-refractivity contribution is 6.33. The molecule has 1 aromatic carbocycles. The molecule has 0 bridgehead atoms. The van der Waals surface area contributed by atoms with Crippen molar-refractivity contribution in [2.24, 2.45) is 0 Å². The van der Waals surface area contributed by atoms with E-state index in [2.05, 4.69) is 15.8 Å². The molecule has 0 radical (unpaired) electrons. The Bertz CT molecular complexity index is 1220. The van der Waals surface area contributed by atoms with Gasteiger partial charge in [-0.2, -0.15) is 0 Å². The van der Waals surface area contributed by atoms with Crippen LogP contribution in [0.25, 0.3) is 22.6 Å². The molecule has 0 saturated carbocycles. The number of hydrogen-bond donors (Lipinski definition) is 3. The summed E-state index contributed by atoms with van der Waals surface area (Å²) >= 11 is 6.59. The van der Waals surface area contributed by atoms with Gasteiger partial charge < -0.3 is 29.9 Å². The Morgan fingerprint density at radius 2 is 2.08 bits per heavy atom. The normalized spacial score (nSPS) is 19.1. The molecule has 200 valence electrons. The number of likely N-dealkylation sites (tertiary alicyclic amines) is 1. The van der Waals surface area contributed by atoms with E-state index in [4.69, 9.17) is 30.8 Å². The largest absolute Gasteiger partial charge is 0.491 e. The summed E-state index contributed by atoms with van der Waals surface area (Å²) in [6.45, 7) is 7.25. The summed E-state index contributed by atoms with van der Waals surface area (Å²) in [6.07, 6.45) is -1.05. The first-order chi connectivity index (χ1) is 17.7. The summed E-state index contributed by atoms with van der Waals surface area (Å²) in [5, 5.41) is 20.8. The Morgan fingerprint density at radius 3 is 2.76 bits per heavy atom. The van der Waals surface area contributed by atoms with Crippen molar-refractivity contribution in [1.29, 1.82) is 0 Å². The van der Waals surface area contributed by atoms with Gasteiger partial charge in [0, 0.05) is 30.8 Å². The van der Waals surface area contributed by atoms with Gasteiger partial charge in [0.05, 0.1) is 28.0 Å². The molecule has 11 heteroatoms. The number of nitrogens with one attached hydrogen (secondary N) is 2. The lowest BCUT2D eigenvalue weighted by Crippen LogP contribution is -2.46. The molecule has 0 unspecified atom stereocenters. The maximum atomic E-state index is 14.9. The van der Waals surface area contributed by atoms with Crippen LogP contribution in [0.5, 0.6) is 5.75 Å². The molecule has 9 nitrogen and oxygen atoms in total. The molecular weight excluding hydrogens is 499 g/mol. The summed E-state index contributed by atoms with van der Waals surface area (Å²) in [6, 6.07) is 4.80. The molecule has 3 N–H and O–H groups in total. The lowest BCUT2D eigenvalue weighted by molar-refractivity contribution is 0.108. The minimum absolute atomic E-state index is 0.113. The van der Waals surface area contributed by atoms with Crippen LogP contribution in [0.4, 0.5) is 10.2 Å². The minimum Gasteiger partial charge on any atom is -0.491 e. The Labute approximate surface area is 221 Å². The van der Waals surface area contributed by atoms with Gasteiger partial charge in [0.25, 0.3) is 0 Å². The zero-order chi connectivity index (χ0) is 26.7. The van der Waals surface area contributed by atoms with E-state index in [-0.39, 0.29) is 12.6 Å². The van der Waals surface area contributed by atoms with Crippen LogP contribution in [-0.4, -0.2) is 83.8 Å². The van der Waals surface area contributed by atoms with E-state index in [1.165, 1.54) is 0 Å². The number of piperidine rings is 1. The third-order valence-corrected chi connectivity index (χ3v) is 6.87. The number of alkyl halides is 1. The Balaban J connectivity index is 1.76. The van der Waals surface area contributed by atoms with Crippen molar-refractivity contribution < 1.29 is 18.8 Å². The quantitative estimate of drug-likeness (QED) is 0.379. The molecular formula is C26H34ClFN6O3. The molecule has 37 heavy (non-hydrogen) atoms. The number of aromatic nitrogens is 3. The van der Waals surface area contributed by atoms with E-state index >= 15 is 0 Å². The summed E-state index contributed by atoms with van der Waals surface area (Å²) in [5.74, 6) is 2.04. The van der Waals surface area contributed by atoms with Gasteiger partial charge in [0.2, 0.25) is 0 Å². The van der Waals surface area contributed by atoms with Gasteiger partial charge in [0.1, 0.15) is 36.2 Å². The molecule has 0 aliphatic carbocycles. The highest BCUT2D eigenvalue weighted by Crippen LogP contribution is 2.36. The first-order valence-corrected chi connectivity index (χ1v) is 12.7. The number of anilines is 1. The molecule has 0 amide bonds. The lowest BCUT2D eigenvalue weighted by Gasteiger charge is -2.33. The number of nitrogens with zero attached hydrogens (tertiary/aromatic N) is 4. The maximum absolute atomic E-state index is 14.9. The van der Waals surface area contributed by atoms with Crippen molar-refractivity contribution in [3.05, 3.63) is 40.2 Å². The predicted octanol–water partition coefficient (Wildman–Crippen LogP) is 3.79. The maximum Gasteiger partial charge on any atom is 0.163 e. The third kappa shape index (κ3) is 6.20. The molecule has 1 aliphatic rings. The van der Waals surface area contributed by atoms with E-state index in [1.807, 2.05) is 32.7 Å². The predicted molar refractivity (Wildman–Crippen MR) is 142 cm³/mol. The number of benzene rings is 1. The highest BCUT2D eigenvalue weighted by Gasteiger charge is 2.29. The number of halogens is 2. The fourth-order valence-corrected chi connectivity index (χ4v) is 4.69. The summed E-state index contributed by atoms with van der Waals surface area (Å²) in [7, 11) is 3.68. The first kappa shape index (κ1) is 27.3. The lowest BCUT2D eigenvalue weighted by atomic mass is 10.0. The summed E-state index contributed by atoms with van der Waals surface area (Å²) < 4.78 is 26.1. The fraction of sp³-hybridized carbons (Fsp3) is 0.500. The Hall–Kier alpha value is -2.79. The van der Waals surface area contributed by atoms with Gasteiger partial charge in [0.15, 0.2) is 5.82 Å². The van der Waals surface area contributed by atoms with Crippen LogP contribution in [0.3, 0.4) is 0 Å². The van der Waals surface area contributed by atoms with Gasteiger partial charge in [-0.15, -0.1) is 0 Å². The molecule has 2 aromatic heterocycles. The molecule has 3 heterocycles. The van der Waals surface area contributed by atoms with Crippen molar-refractivity contribution in [2.45, 2.75) is 45.5 Å². The van der Waals surface area contributed by atoms with Crippen LogP contribution < -0.4 is 15.4 Å². The molecule has 1 fully saturated rings. The molecule has 0 spiro atoms. The monoisotopic (exact) mass is 532 g/mol. The number of hydrogen-bond acceptors (Lipinski definition) is 9. The summed E-state index contributed by atoms with van der Waals surface area (Å²) in [4.78, 5) is 11.6. The minimum atomic E-state index is -1.04. The van der Waals surface area contributed by atoms with Crippen LogP contribution in [-0.2, 0) is 0 Å². The first-order valence-electron chi connectivity index (χ1n) is 12.3. The van der Waals surface area contributed by atoms with Gasteiger partial charge >= 0.3 is 0 Å². The molecule has 1 saturated heterocycles. The van der Waals surface area contributed by atoms with E-state index in [9.17, 15) is 9.50 Å². The van der Waals surface area contributed by atoms with Crippen molar-refractivity contribution >= 4 is 17.4 Å². The van der Waals surface area contributed by atoms with Crippen molar-refractivity contribution in [1.82, 2.24) is 25.3 Å². The number of aliphatic hydroxyl groups is 1. The summed E-state index contributed by atoms with van der Waals surface area (Å²) in [5.41, 5.74) is 3.42. The zero-order valence-electron chi connectivity index (χ0n) is 21.8.